The number of piperazine rings is 1. The molecule has 0 spiro atoms. The first-order valence-electron chi connectivity index (χ1n) is 4.76. The first-order valence-corrected chi connectivity index (χ1v) is 5.14. The predicted molar refractivity (Wildman–Crippen MR) is 59.5 cm³/mol. The van der Waals surface area contributed by atoms with E-state index in [2.05, 4.69) is 10.6 Å². The molecular formula is C10H14ClN3. The van der Waals surface area contributed by atoms with Gasteiger partial charge in [-0.05, 0) is 23.8 Å². The van der Waals surface area contributed by atoms with Gasteiger partial charge in [0.05, 0.1) is 0 Å². The maximum absolute atomic E-state index is 5.93. The van der Waals surface area contributed by atoms with Gasteiger partial charge in [-0.3, -0.25) is 0 Å². The molecule has 0 saturated carbocycles. The molecule has 0 amide bonds. The minimum absolute atomic E-state index is 0.280. The van der Waals surface area contributed by atoms with Gasteiger partial charge in [0.1, 0.15) is 0 Å². The number of nitrogens with two attached hydrogens (primary N) is 1. The molecule has 4 heteroatoms. The lowest BCUT2D eigenvalue weighted by Crippen LogP contribution is -2.42. The minimum Gasteiger partial charge on any atom is -0.398 e. The second-order valence-electron chi connectivity index (χ2n) is 3.48. The van der Waals surface area contributed by atoms with E-state index in [1.54, 1.807) is 0 Å². The highest BCUT2D eigenvalue weighted by molar-refractivity contribution is 6.30. The Morgan fingerprint density at radius 1 is 1.36 bits per heavy atom. The first-order chi connectivity index (χ1) is 6.77. The third-order valence-corrected chi connectivity index (χ3v) is 2.70. The normalized spacial score (nSPS) is 22.2. The maximum atomic E-state index is 5.93. The lowest BCUT2D eigenvalue weighted by Gasteiger charge is -2.26. The number of nitrogens with one attached hydrogen (secondary N) is 2. The first kappa shape index (κ1) is 9.77. The molecule has 76 valence electrons. The molecule has 0 radical (unpaired) electrons. The van der Waals surface area contributed by atoms with E-state index < -0.39 is 0 Å². The summed E-state index contributed by atoms with van der Waals surface area (Å²) < 4.78 is 0. The van der Waals surface area contributed by atoms with Crippen molar-refractivity contribution in [3.63, 3.8) is 0 Å². The standard InChI is InChI=1S/C10H14ClN3/c11-7-1-2-9(12)8(5-7)10-6-13-3-4-14-10/h1-2,5,10,13-14H,3-4,6,12H2/t10-/m0/s1. The summed E-state index contributed by atoms with van der Waals surface area (Å²) in [6.45, 7) is 2.89. The highest BCUT2D eigenvalue weighted by Crippen LogP contribution is 2.24. The van der Waals surface area contributed by atoms with Crippen LogP contribution >= 0.6 is 11.6 Å². The molecule has 1 atom stereocenters. The number of halogens is 1. The third kappa shape index (κ3) is 2.00. The van der Waals surface area contributed by atoms with Crippen molar-refractivity contribution in [3.05, 3.63) is 28.8 Å². The van der Waals surface area contributed by atoms with Gasteiger partial charge < -0.3 is 16.4 Å². The van der Waals surface area contributed by atoms with Gasteiger partial charge in [-0.1, -0.05) is 11.6 Å². The molecule has 2 rings (SSSR count). The van der Waals surface area contributed by atoms with Gasteiger partial charge in [-0.2, -0.15) is 0 Å². The smallest absolute Gasteiger partial charge is 0.0468 e. The van der Waals surface area contributed by atoms with Gasteiger partial charge in [0.15, 0.2) is 0 Å². The van der Waals surface area contributed by atoms with Crippen LogP contribution in [0.2, 0.25) is 5.02 Å². The number of anilines is 1. The fourth-order valence-electron chi connectivity index (χ4n) is 1.72. The second kappa shape index (κ2) is 4.17. The summed E-state index contributed by atoms with van der Waals surface area (Å²) >= 11 is 5.93. The highest BCUT2D eigenvalue weighted by atomic mass is 35.5. The van der Waals surface area contributed by atoms with Crippen LogP contribution in [0.5, 0.6) is 0 Å². The summed E-state index contributed by atoms with van der Waals surface area (Å²) in [7, 11) is 0. The lowest BCUT2D eigenvalue weighted by atomic mass is 10.0. The van der Waals surface area contributed by atoms with Crippen LogP contribution in [0.25, 0.3) is 0 Å². The Bertz CT molecular complexity index is 321. The van der Waals surface area contributed by atoms with E-state index in [9.17, 15) is 0 Å². The largest absolute Gasteiger partial charge is 0.398 e. The molecule has 1 aromatic rings. The van der Waals surface area contributed by atoms with E-state index >= 15 is 0 Å². The summed E-state index contributed by atoms with van der Waals surface area (Å²) in [6, 6.07) is 5.88. The lowest BCUT2D eigenvalue weighted by molar-refractivity contribution is 0.431. The summed E-state index contributed by atoms with van der Waals surface area (Å²) in [6.07, 6.45) is 0. The molecule has 0 unspecified atom stereocenters. The Morgan fingerprint density at radius 2 is 2.21 bits per heavy atom. The Morgan fingerprint density at radius 3 is 2.93 bits per heavy atom. The SMILES string of the molecule is Nc1ccc(Cl)cc1[C@@H]1CNCCN1. The molecule has 0 bridgehead atoms. The van der Waals surface area contributed by atoms with Crippen LogP contribution in [0, 0.1) is 0 Å². The van der Waals surface area contributed by atoms with Crippen LogP contribution in [0.4, 0.5) is 5.69 Å². The summed E-state index contributed by atoms with van der Waals surface area (Å²) in [5.41, 5.74) is 7.78. The van der Waals surface area contributed by atoms with E-state index in [1.165, 1.54) is 0 Å². The van der Waals surface area contributed by atoms with Crippen molar-refractivity contribution in [1.82, 2.24) is 10.6 Å². The van der Waals surface area contributed by atoms with E-state index in [1.807, 2.05) is 18.2 Å². The molecule has 0 aromatic heterocycles. The Labute approximate surface area is 88.6 Å². The van der Waals surface area contributed by atoms with Crippen LogP contribution in [0.15, 0.2) is 18.2 Å². The molecule has 3 nitrogen and oxygen atoms in total. The number of hydrogen-bond acceptors (Lipinski definition) is 3. The van der Waals surface area contributed by atoms with Gasteiger partial charge in [-0.15, -0.1) is 0 Å². The molecule has 4 N–H and O–H groups in total. The second-order valence-corrected chi connectivity index (χ2v) is 3.92. The van der Waals surface area contributed by atoms with Crippen molar-refractivity contribution in [2.24, 2.45) is 0 Å². The minimum atomic E-state index is 0.280. The van der Waals surface area contributed by atoms with E-state index in [-0.39, 0.29) is 6.04 Å². The molecule has 0 aliphatic carbocycles. The van der Waals surface area contributed by atoms with Crippen LogP contribution in [-0.2, 0) is 0 Å². The fraction of sp³-hybridized carbons (Fsp3) is 0.400. The topological polar surface area (TPSA) is 50.1 Å². The average Bonchev–Trinajstić information content (AvgIpc) is 2.23. The zero-order chi connectivity index (χ0) is 9.97. The number of benzene rings is 1. The average molecular weight is 212 g/mol. The molecule has 1 aromatic carbocycles. The number of nitrogen functional groups attached to an aromatic ring is 1. The fourth-order valence-corrected chi connectivity index (χ4v) is 1.90. The van der Waals surface area contributed by atoms with Gasteiger partial charge in [0.2, 0.25) is 0 Å². The van der Waals surface area contributed by atoms with E-state index in [0.29, 0.717) is 0 Å². The van der Waals surface area contributed by atoms with E-state index in [0.717, 1.165) is 35.9 Å². The van der Waals surface area contributed by atoms with Crippen molar-refractivity contribution in [2.45, 2.75) is 6.04 Å². The van der Waals surface area contributed by atoms with Crippen LogP contribution < -0.4 is 16.4 Å². The van der Waals surface area contributed by atoms with Crippen LogP contribution in [-0.4, -0.2) is 19.6 Å². The quantitative estimate of drug-likeness (QED) is 0.611. The predicted octanol–water partition coefficient (Wildman–Crippen LogP) is 1.16. The van der Waals surface area contributed by atoms with Gasteiger partial charge in [0.25, 0.3) is 0 Å². The van der Waals surface area contributed by atoms with Gasteiger partial charge in [-0.25, -0.2) is 0 Å². The Balaban J connectivity index is 2.24. The summed E-state index contributed by atoms with van der Waals surface area (Å²) in [4.78, 5) is 0. The van der Waals surface area contributed by atoms with Crippen LogP contribution in [0.1, 0.15) is 11.6 Å². The molecule has 1 heterocycles. The molecule has 1 aliphatic heterocycles. The van der Waals surface area contributed by atoms with Crippen molar-refractivity contribution < 1.29 is 0 Å². The Kier molecular flexibility index (Phi) is 2.91. The number of hydrogen-bond donors (Lipinski definition) is 3. The van der Waals surface area contributed by atoms with Crippen molar-refractivity contribution in [1.29, 1.82) is 0 Å². The molecular weight excluding hydrogens is 198 g/mol. The van der Waals surface area contributed by atoms with Crippen LogP contribution in [0.3, 0.4) is 0 Å². The molecule has 1 fully saturated rings. The maximum Gasteiger partial charge on any atom is 0.0468 e. The van der Waals surface area contributed by atoms with E-state index in [4.69, 9.17) is 17.3 Å². The zero-order valence-corrected chi connectivity index (χ0v) is 8.64. The van der Waals surface area contributed by atoms with Gasteiger partial charge >= 0.3 is 0 Å². The van der Waals surface area contributed by atoms with Gasteiger partial charge in [0, 0.05) is 36.4 Å². The zero-order valence-electron chi connectivity index (χ0n) is 7.89. The molecule has 1 aliphatic rings. The van der Waals surface area contributed by atoms with Crippen molar-refractivity contribution in [3.8, 4) is 0 Å². The number of rotatable bonds is 1. The third-order valence-electron chi connectivity index (χ3n) is 2.47. The molecule has 14 heavy (non-hydrogen) atoms. The van der Waals surface area contributed by atoms with Crippen molar-refractivity contribution in [2.75, 3.05) is 25.4 Å². The monoisotopic (exact) mass is 211 g/mol. The Hall–Kier alpha value is -0.770. The molecule has 1 saturated heterocycles. The summed E-state index contributed by atoms with van der Waals surface area (Å²) in [5, 5.41) is 7.46. The highest BCUT2D eigenvalue weighted by Gasteiger charge is 2.16. The van der Waals surface area contributed by atoms with Crippen molar-refractivity contribution >= 4 is 17.3 Å². The summed E-state index contributed by atoms with van der Waals surface area (Å²) in [5.74, 6) is 0.